The molecule has 2 aliphatic rings. The summed E-state index contributed by atoms with van der Waals surface area (Å²) in [6.07, 6.45) is 3.09. The Morgan fingerprint density at radius 2 is 2.14 bits per heavy atom. The van der Waals surface area contributed by atoms with Crippen LogP contribution >= 0.6 is 0 Å². The Bertz CT molecular complexity index is 552. The lowest BCUT2D eigenvalue weighted by atomic mass is 9.75. The van der Waals surface area contributed by atoms with Crippen molar-refractivity contribution in [2.75, 3.05) is 13.1 Å². The number of carbonyl (C=O) groups excluding carboxylic acids is 1. The zero-order valence-electron chi connectivity index (χ0n) is 13.4. The SMILES string of the molecule is CC1(C)CC(CNC2CC(c3cccc(F)c3)C2)CNC1=O. The Kier molecular flexibility index (Phi) is 4.22. The van der Waals surface area contributed by atoms with Crippen LogP contribution in [0.2, 0.25) is 0 Å². The minimum Gasteiger partial charge on any atom is -0.355 e. The third-order valence-electron chi connectivity index (χ3n) is 5.12. The lowest BCUT2D eigenvalue weighted by Crippen LogP contribution is -2.51. The number of rotatable bonds is 4. The van der Waals surface area contributed by atoms with Crippen LogP contribution in [0.4, 0.5) is 4.39 Å². The molecule has 0 spiro atoms. The number of carbonyl (C=O) groups is 1. The maximum Gasteiger partial charge on any atom is 0.225 e. The van der Waals surface area contributed by atoms with Gasteiger partial charge in [-0.15, -0.1) is 0 Å². The molecule has 4 heteroatoms. The summed E-state index contributed by atoms with van der Waals surface area (Å²) in [7, 11) is 0. The second-order valence-corrected chi connectivity index (χ2v) is 7.49. The van der Waals surface area contributed by atoms with E-state index in [1.807, 2.05) is 19.9 Å². The zero-order valence-corrected chi connectivity index (χ0v) is 13.4. The van der Waals surface area contributed by atoms with Crippen LogP contribution in [0.1, 0.15) is 44.6 Å². The van der Waals surface area contributed by atoms with Crippen LogP contribution in [0.5, 0.6) is 0 Å². The fraction of sp³-hybridized carbons (Fsp3) is 0.611. The molecule has 1 amide bonds. The van der Waals surface area contributed by atoms with Gasteiger partial charge in [-0.3, -0.25) is 4.79 Å². The van der Waals surface area contributed by atoms with Crippen molar-refractivity contribution in [3.05, 3.63) is 35.6 Å². The highest BCUT2D eigenvalue weighted by molar-refractivity contribution is 5.82. The summed E-state index contributed by atoms with van der Waals surface area (Å²) in [5.41, 5.74) is 0.859. The molecule has 1 unspecified atom stereocenters. The van der Waals surface area contributed by atoms with Crippen molar-refractivity contribution in [3.8, 4) is 0 Å². The van der Waals surface area contributed by atoms with Gasteiger partial charge in [0.25, 0.3) is 0 Å². The third kappa shape index (κ3) is 3.32. The maximum absolute atomic E-state index is 13.2. The van der Waals surface area contributed by atoms with Gasteiger partial charge in [0.2, 0.25) is 5.91 Å². The summed E-state index contributed by atoms with van der Waals surface area (Å²) < 4.78 is 13.2. The highest BCUT2D eigenvalue weighted by Crippen LogP contribution is 2.37. The lowest BCUT2D eigenvalue weighted by Gasteiger charge is -2.39. The maximum atomic E-state index is 13.2. The molecule has 0 radical (unpaired) electrons. The summed E-state index contributed by atoms with van der Waals surface area (Å²) in [6.45, 7) is 5.75. The van der Waals surface area contributed by atoms with Gasteiger partial charge in [-0.25, -0.2) is 4.39 Å². The first-order chi connectivity index (χ1) is 10.4. The van der Waals surface area contributed by atoms with E-state index in [0.717, 1.165) is 37.9 Å². The predicted octanol–water partition coefficient (Wildman–Crippen LogP) is 2.82. The van der Waals surface area contributed by atoms with Gasteiger partial charge in [0, 0.05) is 18.0 Å². The van der Waals surface area contributed by atoms with Gasteiger partial charge in [-0.1, -0.05) is 26.0 Å². The Hall–Kier alpha value is -1.42. The van der Waals surface area contributed by atoms with Crippen molar-refractivity contribution < 1.29 is 9.18 Å². The molecule has 1 saturated carbocycles. The van der Waals surface area contributed by atoms with Crippen LogP contribution in [0, 0.1) is 17.2 Å². The Balaban J connectivity index is 1.43. The fourth-order valence-electron chi connectivity index (χ4n) is 3.66. The molecule has 1 aromatic rings. The highest BCUT2D eigenvalue weighted by Gasteiger charge is 2.36. The molecule has 0 aromatic heterocycles. The number of hydrogen-bond donors (Lipinski definition) is 2. The van der Waals surface area contributed by atoms with Gasteiger partial charge >= 0.3 is 0 Å². The van der Waals surface area contributed by atoms with Crippen LogP contribution in [-0.4, -0.2) is 25.0 Å². The van der Waals surface area contributed by atoms with E-state index in [1.165, 1.54) is 6.07 Å². The third-order valence-corrected chi connectivity index (χ3v) is 5.12. The van der Waals surface area contributed by atoms with Gasteiger partial charge in [0.1, 0.15) is 5.82 Å². The number of nitrogens with one attached hydrogen (secondary N) is 2. The molecule has 3 rings (SSSR count). The van der Waals surface area contributed by atoms with Crippen molar-refractivity contribution in [1.29, 1.82) is 0 Å². The van der Waals surface area contributed by atoms with Crippen molar-refractivity contribution in [2.45, 2.75) is 45.1 Å². The quantitative estimate of drug-likeness (QED) is 0.898. The van der Waals surface area contributed by atoms with Crippen molar-refractivity contribution in [1.82, 2.24) is 10.6 Å². The number of amides is 1. The molecule has 1 atom stereocenters. The molecule has 1 aromatic carbocycles. The topological polar surface area (TPSA) is 41.1 Å². The van der Waals surface area contributed by atoms with Crippen LogP contribution in [0.25, 0.3) is 0 Å². The monoisotopic (exact) mass is 304 g/mol. The average molecular weight is 304 g/mol. The Labute approximate surface area is 131 Å². The molecule has 1 saturated heterocycles. The highest BCUT2D eigenvalue weighted by atomic mass is 19.1. The Morgan fingerprint density at radius 3 is 2.82 bits per heavy atom. The van der Waals surface area contributed by atoms with Gasteiger partial charge in [-0.2, -0.15) is 0 Å². The summed E-state index contributed by atoms with van der Waals surface area (Å²) in [4.78, 5) is 11.7. The van der Waals surface area contributed by atoms with Crippen LogP contribution in [0.15, 0.2) is 24.3 Å². The summed E-state index contributed by atoms with van der Waals surface area (Å²) in [5, 5.41) is 6.61. The van der Waals surface area contributed by atoms with Gasteiger partial charge in [-0.05, 0) is 55.3 Å². The van der Waals surface area contributed by atoms with Crippen LogP contribution < -0.4 is 10.6 Å². The average Bonchev–Trinajstić information content (AvgIpc) is 2.41. The molecule has 120 valence electrons. The van der Waals surface area contributed by atoms with E-state index in [9.17, 15) is 9.18 Å². The standard InChI is InChI=1S/C18H25FN2O/c1-18(2)9-12(11-21-17(18)22)10-20-16-7-14(8-16)13-4-3-5-15(19)6-13/h3-6,12,14,16,20H,7-11H2,1-2H3,(H,21,22). The molecule has 1 aliphatic heterocycles. The smallest absolute Gasteiger partial charge is 0.225 e. The number of halogens is 1. The first-order valence-corrected chi connectivity index (χ1v) is 8.21. The largest absolute Gasteiger partial charge is 0.355 e. The van der Waals surface area contributed by atoms with Crippen molar-refractivity contribution >= 4 is 5.91 Å². The molecule has 2 fully saturated rings. The summed E-state index contributed by atoms with van der Waals surface area (Å²) in [5.74, 6) is 1.00. The van der Waals surface area contributed by atoms with E-state index in [2.05, 4.69) is 10.6 Å². The van der Waals surface area contributed by atoms with E-state index < -0.39 is 0 Å². The molecule has 3 nitrogen and oxygen atoms in total. The fourth-order valence-corrected chi connectivity index (χ4v) is 3.66. The number of benzene rings is 1. The first kappa shape index (κ1) is 15.5. The second-order valence-electron chi connectivity index (χ2n) is 7.49. The predicted molar refractivity (Wildman–Crippen MR) is 85.1 cm³/mol. The minimum atomic E-state index is -0.256. The molecule has 22 heavy (non-hydrogen) atoms. The lowest BCUT2D eigenvalue weighted by molar-refractivity contribution is -0.132. The number of hydrogen-bond acceptors (Lipinski definition) is 2. The van der Waals surface area contributed by atoms with E-state index in [-0.39, 0.29) is 17.1 Å². The summed E-state index contributed by atoms with van der Waals surface area (Å²) >= 11 is 0. The van der Waals surface area contributed by atoms with Gasteiger partial charge < -0.3 is 10.6 Å². The zero-order chi connectivity index (χ0) is 15.7. The molecule has 1 heterocycles. The second kappa shape index (κ2) is 5.99. The van der Waals surface area contributed by atoms with E-state index in [0.29, 0.717) is 17.9 Å². The minimum absolute atomic E-state index is 0.144. The molecular weight excluding hydrogens is 279 g/mol. The first-order valence-electron chi connectivity index (χ1n) is 8.21. The van der Waals surface area contributed by atoms with Crippen molar-refractivity contribution in [3.63, 3.8) is 0 Å². The van der Waals surface area contributed by atoms with Gasteiger partial charge in [0.05, 0.1) is 0 Å². The van der Waals surface area contributed by atoms with E-state index in [4.69, 9.17) is 0 Å². The van der Waals surface area contributed by atoms with E-state index in [1.54, 1.807) is 12.1 Å². The molecule has 2 N–H and O–H groups in total. The van der Waals surface area contributed by atoms with Gasteiger partial charge in [0.15, 0.2) is 0 Å². The normalized spacial score (nSPS) is 30.5. The molecular formula is C18H25FN2O. The van der Waals surface area contributed by atoms with Crippen LogP contribution in [-0.2, 0) is 4.79 Å². The van der Waals surface area contributed by atoms with Crippen molar-refractivity contribution in [2.24, 2.45) is 11.3 Å². The Morgan fingerprint density at radius 1 is 1.36 bits per heavy atom. The molecule has 1 aliphatic carbocycles. The van der Waals surface area contributed by atoms with Crippen LogP contribution in [0.3, 0.4) is 0 Å². The number of piperidine rings is 1. The van der Waals surface area contributed by atoms with E-state index >= 15 is 0 Å². The summed E-state index contributed by atoms with van der Waals surface area (Å²) in [6, 6.07) is 7.48. The molecule has 0 bridgehead atoms.